The molecule has 0 aliphatic heterocycles. The third kappa shape index (κ3) is 4.23. The summed E-state index contributed by atoms with van der Waals surface area (Å²) >= 11 is 7.51. The number of hydrogen-bond acceptors (Lipinski definition) is 4. The summed E-state index contributed by atoms with van der Waals surface area (Å²) in [4.78, 5) is 18.0. The predicted molar refractivity (Wildman–Crippen MR) is 125 cm³/mol. The summed E-state index contributed by atoms with van der Waals surface area (Å²) < 4.78 is 0.947. The molecule has 2 unspecified atom stereocenters. The SMILES string of the molecule is CC(C)(C(=O)Nc1nc2ccc(Cl)cc2s1)C(C1=CC=CCC1)C1C=CC(O)=CC1. The van der Waals surface area contributed by atoms with Crippen molar-refractivity contribution in [1.29, 1.82) is 0 Å². The zero-order valence-electron chi connectivity index (χ0n) is 17.1. The van der Waals surface area contributed by atoms with Gasteiger partial charge in [0.15, 0.2) is 5.13 Å². The molecule has 0 spiro atoms. The minimum Gasteiger partial charge on any atom is -0.508 e. The number of halogens is 1. The number of amides is 1. The first-order valence-corrected chi connectivity index (χ1v) is 11.3. The molecule has 2 aromatic rings. The maximum atomic E-state index is 13.5. The summed E-state index contributed by atoms with van der Waals surface area (Å²) in [6.07, 6.45) is 14.6. The molecular formula is C24H25ClN2O2S. The van der Waals surface area contributed by atoms with Gasteiger partial charge in [-0.1, -0.05) is 66.7 Å². The molecule has 2 atom stereocenters. The topological polar surface area (TPSA) is 62.2 Å². The Hall–Kier alpha value is -2.37. The molecule has 156 valence electrons. The maximum Gasteiger partial charge on any atom is 0.232 e. The van der Waals surface area contributed by atoms with Gasteiger partial charge in [-0.15, -0.1) is 0 Å². The van der Waals surface area contributed by atoms with Crippen molar-refractivity contribution in [1.82, 2.24) is 4.98 Å². The van der Waals surface area contributed by atoms with Crippen LogP contribution >= 0.6 is 22.9 Å². The Kier molecular flexibility index (Phi) is 5.85. The van der Waals surface area contributed by atoms with Crippen molar-refractivity contribution >= 4 is 44.2 Å². The number of thiazole rings is 1. The van der Waals surface area contributed by atoms with Crippen molar-refractivity contribution in [2.45, 2.75) is 33.1 Å². The average Bonchev–Trinajstić information content (AvgIpc) is 3.11. The van der Waals surface area contributed by atoms with E-state index in [4.69, 9.17) is 11.6 Å². The molecule has 4 rings (SSSR count). The van der Waals surface area contributed by atoms with E-state index in [0.717, 1.165) is 23.1 Å². The average molecular weight is 441 g/mol. The van der Waals surface area contributed by atoms with Gasteiger partial charge in [0.1, 0.15) is 5.76 Å². The molecule has 0 fully saturated rings. The first-order valence-electron chi connectivity index (χ1n) is 10.1. The summed E-state index contributed by atoms with van der Waals surface area (Å²) in [6, 6.07) is 5.53. The molecular weight excluding hydrogens is 416 g/mol. The van der Waals surface area contributed by atoms with Gasteiger partial charge in [0.2, 0.25) is 5.91 Å². The fourth-order valence-electron chi connectivity index (χ4n) is 4.38. The number of aliphatic hydroxyl groups excluding tert-OH is 1. The third-order valence-electron chi connectivity index (χ3n) is 5.92. The van der Waals surface area contributed by atoms with E-state index in [1.807, 2.05) is 38.1 Å². The lowest BCUT2D eigenvalue weighted by atomic mass is 9.64. The Bertz CT molecular complexity index is 1090. The van der Waals surface area contributed by atoms with Crippen molar-refractivity contribution in [3.63, 3.8) is 0 Å². The number of aliphatic hydroxyl groups is 1. The van der Waals surface area contributed by atoms with Crippen LogP contribution in [0.4, 0.5) is 5.13 Å². The number of nitrogens with zero attached hydrogens (tertiary/aromatic N) is 1. The number of benzene rings is 1. The summed E-state index contributed by atoms with van der Waals surface area (Å²) in [5, 5.41) is 14.1. The van der Waals surface area contributed by atoms with Crippen LogP contribution < -0.4 is 5.32 Å². The molecule has 4 nitrogen and oxygen atoms in total. The van der Waals surface area contributed by atoms with Crippen molar-refractivity contribution < 1.29 is 9.90 Å². The van der Waals surface area contributed by atoms with E-state index in [0.29, 0.717) is 16.6 Å². The van der Waals surface area contributed by atoms with Gasteiger partial charge in [0.05, 0.1) is 15.6 Å². The smallest absolute Gasteiger partial charge is 0.232 e. The molecule has 1 aromatic heterocycles. The monoisotopic (exact) mass is 440 g/mol. The molecule has 2 aliphatic carbocycles. The number of rotatable bonds is 5. The molecule has 1 aromatic carbocycles. The number of anilines is 1. The molecule has 2 aliphatic rings. The van der Waals surface area contributed by atoms with Crippen LogP contribution in [0, 0.1) is 17.3 Å². The van der Waals surface area contributed by atoms with Gasteiger partial charge in [-0.2, -0.15) is 0 Å². The van der Waals surface area contributed by atoms with Crippen LogP contribution in [0.3, 0.4) is 0 Å². The van der Waals surface area contributed by atoms with Crippen LogP contribution in [0.25, 0.3) is 10.2 Å². The summed E-state index contributed by atoms with van der Waals surface area (Å²) in [6.45, 7) is 4.00. The summed E-state index contributed by atoms with van der Waals surface area (Å²) in [7, 11) is 0. The zero-order chi connectivity index (χ0) is 21.3. The van der Waals surface area contributed by atoms with Crippen LogP contribution in [0.2, 0.25) is 5.02 Å². The van der Waals surface area contributed by atoms with Crippen molar-refractivity contribution in [2.75, 3.05) is 5.32 Å². The highest BCUT2D eigenvalue weighted by molar-refractivity contribution is 7.22. The minimum atomic E-state index is -0.664. The molecule has 0 saturated heterocycles. The molecule has 0 bridgehead atoms. The lowest BCUT2D eigenvalue weighted by Crippen LogP contribution is -2.42. The second kappa shape index (κ2) is 8.40. The van der Waals surface area contributed by atoms with Crippen molar-refractivity contribution in [3.8, 4) is 0 Å². The minimum absolute atomic E-state index is 0.0203. The Morgan fingerprint density at radius 2 is 2.23 bits per heavy atom. The second-order valence-corrected chi connectivity index (χ2v) is 9.85. The normalized spacial score (nSPS) is 20.0. The Labute approximate surface area is 185 Å². The fraction of sp³-hybridized carbons (Fsp3) is 0.333. The van der Waals surface area contributed by atoms with E-state index < -0.39 is 5.41 Å². The molecule has 0 radical (unpaired) electrons. The number of carbonyl (C=O) groups is 1. The number of aromatic nitrogens is 1. The largest absolute Gasteiger partial charge is 0.508 e. The van der Waals surface area contributed by atoms with Gasteiger partial charge in [0, 0.05) is 10.9 Å². The lowest BCUT2D eigenvalue weighted by molar-refractivity contribution is -0.126. The second-order valence-electron chi connectivity index (χ2n) is 8.38. The summed E-state index contributed by atoms with van der Waals surface area (Å²) in [5.74, 6) is 0.402. The van der Waals surface area contributed by atoms with Crippen LogP contribution in [0.15, 0.2) is 66.0 Å². The maximum absolute atomic E-state index is 13.5. The van der Waals surface area contributed by atoms with E-state index >= 15 is 0 Å². The lowest BCUT2D eigenvalue weighted by Gasteiger charge is -2.40. The molecule has 0 saturated carbocycles. The standard InChI is InChI=1S/C24H25ClN2O2S/c1-24(2,22(29)27-23-26-19-13-10-17(25)14-20(19)30-23)21(15-6-4-3-5-7-15)16-8-11-18(28)12-9-16/h3-4,6,8,10-14,16,21,28H,5,7,9H2,1-2H3,(H,26,27,29). The first kappa shape index (κ1) is 20.9. The van der Waals surface area contributed by atoms with Gasteiger partial charge in [-0.25, -0.2) is 4.98 Å². The first-order chi connectivity index (χ1) is 14.3. The van der Waals surface area contributed by atoms with Crippen LogP contribution in [-0.4, -0.2) is 16.0 Å². The van der Waals surface area contributed by atoms with Crippen molar-refractivity contribution in [2.24, 2.45) is 17.3 Å². The quantitative estimate of drug-likeness (QED) is 0.535. The molecule has 6 heteroatoms. The highest BCUT2D eigenvalue weighted by Crippen LogP contribution is 2.45. The van der Waals surface area contributed by atoms with Crippen LogP contribution in [-0.2, 0) is 4.79 Å². The molecule has 30 heavy (non-hydrogen) atoms. The number of hydrogen-bond donors (Lipinski definition) is 2. The highest BCUT2D eigenvalue weighted by atomic mass is 35.5. The summed E-state index contributed by atoms with van der Waals surface area (Å²) in [5.41, 5.74) is 1.44. The van der Waals surface area contributed by atoms with Crippen molar-refractivity contribution in [3.05, 3.63) is 71.0 Å². The van der Waals surface area contributed by atoms with E-state index in [-0.39, 0.29) is 23.5 Å². The number of carbonyl (C=O) groups excluding carboxylic acids is 1. The molecule has 1 amide bonds. The zero-order valence-corrected chi connectivity index (χ0v) is 18.6. The number of allylic oxidation sites excluding steroid dienone is 7. The van der Waals surface area contributed by atoms with E-state index in [9.17, 15) is 9.90 Å². The van der Waals surface area contributed by atoms with Gasteiger partial charge in [0.25, 0.3) is 0 Å². The third-order valence-corrected chi connectivity index (χ3v) is 7.09. The molecule has 2 N–H and O–H groups in total. The van der Waals surface area contributed by atoms with E-state index in [2.05, 4.69) is 28.5 Å². The Morgan fingerprint density at radius 3 is 2.93 bits per heavy atom. The Morgan fingerprint density at radius 1 is 1.40 bits per heavy atom. The van der Waals surface area contributed by atoms with Crippen LogP contribution in [0.5, 0.6) is 0 Å². The number of nitrogens with one attached hydrogen (secondary N) is 1. The van der Waals surface area contributed by atoms with Gasteiger partial charge in [-0.05, 0) is 55.5 Å². The highest BCUT2D eigenvalue weighted by Gasteiger charge is 2.42. The van der Waals surface area contributed by atoms with Gasteiger partial charge < -0.3 is 10.4 Å². The van der Waals surface area contributed by atoms with Gasteiger partial charge in [-0.3, -0.25) is 4.79 Å². The Balaban J connectivity index is 1.62. The van der Waals surface area contributed by atoms with E-state index in [1.54, 1.807) is 12.1 Å². The van der Waals surface area contributed by atoms with E-state index in [1.165, 1.54) is 16.9 Å². The predicted octanol–water partition coefficient (Wildman–Crippen LogP) is 6.83. The molecule has 1 heterocycles. The number of fused-ring (bicyclic) bond motifs is 1. The van der Waals surface area contributed by atoms with Gasteiger partial charge >= 0.3 is 0 Å². The van der Waals surface area contributed by atoms with Crippen LogP contribution in [0.1, 0.15) is 33.1 Å². The fourth-order valence-corrected chi connectivity index (χ4v) is 5.52.